The normalized spacial score (nSPS) is 11.0. The van der Waals surface area contributed by atoms with E-state index in [0.717, 1.165) is 37.9 Å². The van der Waals surface area contributed by atoms with Gasteiger partial charge in [0.25, 0.3) is 0 Å². The van der Waals surface area contributed by atoms with E-state index < -0.39 is 0 Å². The molecule has 1 amide bonds. The van der Waals surface area contributed by atoms with Gasteiger partial charge in [0.05, 0.1) is 23.8 Å². The molecule has 1 N–H and O–H groups in total. The van der Waals surface area contributed by atoms with Gasteiger partial charge in [0.2, 0.25) is 11.7 Å². The molecule has 8 heteroatoms. The van der Waals surface area contributed by atoms with Crippen molar-refractivity contribution in [3.63, 3.8) is 0 Å². The van der Waals surface area contributed by atoms with E-state index in [1.165, 1.54) is 0 Å². The second kappa shape index (κ2) is 10.7. The SMILES string of the molecule is CN(CCCCCn1nnc(-c2ccccc2)n1)CC(=O)Nc1ccccc1Cl. The number of para-hydroxylation sites is 1. The van der Waals surface area contributed by atoms with Crippen LogP contribution in [0, 0.1) is 0 Å². The molecular weight excluding hydrogens is 388 g/mol. The number of nitrogens with one attached hydrogen (secondary N) is 1. The number of likely N-dealkylation sites (N-methyl/N-ethyl adjacent to an activating group) is 1. The van der Waals surface area contributed by atoms with Crippen LogP contribution in [0.5, 0.6) is 0 Å². The molecule has 0 aliphatic rings. The van der Waals surface area contributed by atoms with Crippen LogP contribution in [0.4, 0.5) is 5.69 Å². The lowest BCUT2D eigenvalue weighted by Gasteiger charge is -2.16. The van der Waals surface area contributed by atoms with Crippen molar-refractivity contribution in [1.82, 2.24) is 25.1 Å². The summed E-state index contributed by atoms with van der Waals surface area (Å²) in [6.45, 7) is 1.91. The molecule has 0 unspecified atom stereocenters. The Morgan fingerprint density at radius 2 is 1.83 bits per heavy atom. The van der Waals surface area contributed by atoms with Gasteiger partial charge in [0.1, 0.15) is 0 Å². The molecule has 0 radical (unpaired) electrons. The van der Waals surface area contributed by atoms with Crippen molar-refractivity contribution in [2.24, 2.45) is 0 Å². The number of hydrogen-bond donors (Lipinski definition) is 1. The third kappa shape index (κ3) is 6.66. The maximum atomic E-state index is 12.1. The van der Waals surface area contributed by atoms with E-state index in [1.54, 1.807) is 16.9 Å². The summed E-state index contributed by atoms with van der Waals surface area (Å²) >= 11 is 6.07. The van der Waals surface area contributed by atoms with Gasteiger partial charge in [-0.1, -0.05) is 60.5 Å². The zero-order valence-corrected chi connectivity index (χ0v) is 17.2. The van der Waals surface area contributed by atoms with Gasteiger partial charge in [-0.05, 0) is 43.8 Å². The number of aryl methyl sites for hydroxylation is 1. The third-order valence-corrected chi connectivity index (χ3v) is 4.77. The molecular formula is C21H25ClN6O. The number of amides is 1. The smallest absolute Gasteiger partial charge is 0.238 e. The van der Waals surface area contributed by atoms with Crippen LogP contribution in [-0.2, 0) is 11.3 Å². The molecule has 0 aliphatic heterocycles. The first-order valence-electron chi connectivity index (χ1n) is 9.68. The number of aromatic nitrogens is 4. The van der Waals surface area contributed by atoms with Gasteiger partial charge in [-0.15, -0.1) is 10.2 Å². The summed E-state index contributed by atoms with van der Waals surface area (Å²) in [5.41, 5.74) is 1.61. The Kier molecular flexibility index (Phi) is 7.72. The minimum absolute atomic E-state index is 0.0687. The van der Waals surface area contributed by atoms with E-state index in [0.29, 0.717) is 23.1 Å². The van der Waals surface area contributed by atoms with E-state index in [1.807, 2.05) is 54.4 Å². The number of carbonyl (C=O) groups is 1. The topological polar surface area (TPSA) is 75.9 Å². The largest absolute Gasteiger partial charge is 0.324 e. The molecule has 0 spiro atoms. The average Bonchev–Trinajstić information content (AvgIpc) is 3.19. The van der Waals surface area contributed by atoms with E-state index in [9.17, 15) is 4.79 Å². The molecule has 152 valence electrons. The molecule has 0 fully saturated rings. The maximum absolute atomic E-state index is 12.1. The highest BCUT2D eigenvalue weighted by atomic mass is 35.5. The van der Waals surface area contributed by atoms with Crippen molar-refractivity contribution >= 4 is 23.2 Å². The van der Waals surface area contributed by atoms with Crippen LogP contribution in [0.2, 0.25) is 5.02 Å². The summed E-state index contributed by atoms with van der Waals surface area (Å²) in [6, 6.07) is 17.1. The van der Waals surface area contributed by atoms with Crippen LogP contribution < -0.4 is 5.32 Å². The summed E-state index contributed by atoms with van der Waals surface area (Å²) in [5, 5.41) is 16.0. The standard InChI is InChI=1S/C21H25ClN6O/c1-27(16-20(29)23-19-13-7-6-12-18(19)22)14-8-3-9-15-28-25-21(24-26-28)17-10-4-2-5-11-17/h2,4-7,10-13H,3,8-9,14-16H2,1H3,(H,23,29). The van der Waals surface area contributed by atoms with E-state index >= 15 is 0 Å². The Bertz CT molecular complexity index is 914. The van der Waals surface area contributed by atoms with Gasteiger partial charge in [-0.25, -0.2) is 0 Å². The number of nitrogens with zero attached hydrogens (tertiary/aromatic N) is 5. The Morgan fingerprint density at radius 3 is 2.62 bits per heavy atom. The zero-order valence-electron chi connectivity index (χ0n) is 16.5. The number of hydrogen-bond acceptors (Lipinski definition) is 5. The number of carbonyl (C=O) groups excluding carboxylic acids is 1. The van der Waals surface area contributed by atoms with E-state index in [2.05, 4.69) is 20.7 Å². The summed E-state index contributed by atoms with van der Waals surface area (Å²) in [7, 11) is 1.94. The molecule has 0 bridgehead atoms. The fourth-order valence-corrected chi connectivity index (χ4v) is 3.11. The molecule has 29 heavy (non-hydrogen) atoms. The van der Waals surface area contributed by atoms with Crippen LogP contribution in [0.1, 0.15) is 19.3 Å². The summed E-state index contributed by atoms with van der Waals surface area (Å²) < 4.78 is 0. The quantitative estimate of drug-likeness (QED) is 0.513. The van der Waals surface area contributed by atoms with Crippen molar-refractivity contribution in [1.29, 1.82) is 0 Å². The van der Waals surface area contributed by atoms with Gasteiger partial charge in [-0.2, -0.15) is 4.80 Å². The third-order valence-electron chi connectivity index (χ3n) is 4.44. The van der Waals surface area contributed by atoms with Gasteiger partial charge in [0.15, 0.2) is 0 Å². The molecule has 3 rings (SSSR count). The number of tetrazole rings is 1. The molecule has 0 aliphatic carbocycles. The highest BCUT2D eigenvalue weighted by Gasteiger charge is 2.09. The maximum Gasteiger partial charge on any atom is 0.238 e. The van der Waals surface area contributed by atoms with Gasteiger partial charge >= 0.3 is 0 Å². The molecule has 1 aromatic heterocycles. The van der Waals surface area contributed by atoms with Crippen molar-refractivity contribution in [2.75, 3.05) is 25.5 Å². The Labute approximate surface area is 175 Å². The first-order valence-corrected chi connectivity index (χ1v) is 10.1. The lowest BCUT2D eigenvalue weighted by Crippen LogP contribution is -2.31. The summed E-state index contributed by atoms with van der Waals surface area (Å²) in [5.74, 6) is 0.579. The minimum atomic E-state index is -0.0687. The number of rotatable bonds is 10. The predicted molar refractivity (Wildman–Crippen MR) is 115 cm³/mol. The highest BCUT2D eigenvalue weighted by molar-refractivity contribution is 6.33. The van der Waals surface area contributed by atoms with Gasteiger partial charge in [-0.3, -0.25) is 9.69 Å². The molecule has 7 nitrogen and oxygen atoms in total. The second-order valence-corrected chi connectivity index (χ2v) is 7.31. The first-order chi connectivity index (χ1) is 14.1. The monoisotopic (exact) mass is 412 g/mol. The molecule has 0 saturated carbocycles. The summed E-state index contributed by atoms with van der Waals surface area (Å²) in [6.07, 6.45) is 2.99. The second-order valence-electron chi connectivity index (χ2n) is 6.90. The van der Waals surface area contributed by atoms with Gasteiger partial charge in [0, 0.05) is 5.56 Å². The van der Waals surface area contributed by atoms with Crippen LogP contribution in [0.3, 0.4) is 0 Å². The lowest BCUT2D eigenvalue weighted by atomic mass is 10.2. The number of anilines is 1. The van der Waals surface area contributed by atoms with Crippen LogP contribution in [-0.4, -0.2) is 51.2 Å². The van der Waals surface area contributed by atoms with Crippen LogP contribution in [0.15, 0.2) is 54.6 Å². The van der Waals surface area contributed by atoms with Crippen molar-refractivity contribution in [3.8, 4) is 11.4 Å². The Balaban J connectivity index is 1.32. The number of benzene rings is 2. The Hall–Kier alpha value is -2.77. The molecule has 3 aromatic rings. The van der Waals surface area contributed by atoms with Crippen molar-refractivity contribution in [2.45, 2.75) is 25.8 Å². The highest BCUT2D eigenvalue weighted by Crippen LogP contribution is 2.20. The molecule has 1 heterocycles. The first kappa shape index (κ1) is 21.0. The minimum Gasteiger partial charge on any atom is -0.324 e. The zero-order chi connectivity index (χ0) is 20.5. The van der Waals surface area contributed by atoms with Crippen molar-refractivity contribution < 1.29 is 4.79 Å². The van der Waals surface area contributed by atoms with Gasteiger partial charge < -0.3 is 5.32 Å². The van der Waals surface area contributed by atoms with E-state index in [4.69, 9.17) is 11.6 Å². The van der Waals surface area contributed by atoms with Crippen LogP contribution >= 0.6 is 11.6 Å². The number of unbranched alkanes of at least 4 members (excludes halogenated alkanes) is 2. The molecule has 2 aromatic carbocycles. The predicted octanol–water partition coefficient (Wildman–Crippen LogP) is 3.73. The van der Waals surface area contributed by atoms with Crippen LogP contribution in [0.25, 0.3) is 11.4 Å². The van der Waals surface area contributed by atoms with E-state index in [-0.39, 0.29) is 5.91 Å². The lowest BCUT2D eigenvalue weighted by molar-refractivity contribution is -0.117. The Morgan fingerprint density at radius 1 is 1.07 bits per heavy atom. The van der Waals surface area contributed by atoms with Crippen molar-refractivity contribution in [3.05, 3.63) is 59.6 Å². The average molecular weight is 413 g/mol. The molecule has 0 saturated heterocycles. The summed E-state index contributed by atoms with van der Waals surface area (Å²) in [4.78, 5) is 15.8. The number of halogens is 1. The fraction of sp³-hybridized carbons (Fsp3) is 0.333. The fourth-order valence-electron chi connectivity index (χ4n) is 2.93. The molecule has 0 atom stereocenters.